The normalized spacial score (nSPS) is 12.6. The first-order valence-corrected chi connectivity index (χ1v) is 10.3. The van der Waals surface area contributed by atoms with Gasteiger partial charge in [0.05, 0.1) is 10.5 Å². The van der Waals surface area contributed by atoms with Crippen LogP contribution in [0.15, 0.2) is 73.2 Å². The molecule has 0 aliphatic heterocycles. The number of fused-ring (bicyclic) bond motifs is 1. The molecule has 0 aliphatic carbocycles. The second-order valence-electron chi connectivity index (χ2n) is 8.02. The first-order valence-electron chi connectivity index (χ1n) is 9.96. The summed E-state index contributed by atoms with van der Waals surface area (Å²) in [4.78, 5) is 6.76. The smallest absolute Gasteiger partial charge is 0.0506 e. The Balaban J connectivity index is 1.80. The van der Waals surface area contributed by atoms with Crippen LogP contribution in [0.2, 0.25) is 5.02 Å². The first kappa shape index (κ1) is 19.7. The maximum Gasteiger partial charge on any atom is 0.0506 e. The lowest BCUT2D eigenvalue weighted by atomic mass is 10.0. The van der Waals surface area contributed by atoms with Gasteiger partial charge in [0.1, 0.15) is 0 Å². The molecule has 0 saturated heterocycles. The van der Waals surface area contributed by atoms with Gasteiger partial charge in [-0.15, -0.1) is 0 Å². The molecule has 0 radical (unpaired) electrons. The lowest BCUT2D eigenvalue weighted by Gasteiger charge is -2.18. The summed E-state index contributed by atoms with van der Waals surface area (Å²) in [6.45, 7) is 4.27. The van der Waals surface area contributed by atoms with Crippen molar-refractivity contribution < 1.29 is 0 Å². The second kappa shape index (κ2) is 8.40. The van der Waals surface area contributed by atoms with Crippen molar-refractivity contribution in [3.63, 3.8) is 0 Å². The molecular weight excluding hydrogens is 378 g/mol. The Bertz CT molecular complexity index is 1120. The lowest BCUT2D eigenvalue weighted by molar-refractivity contribution is 0.318. The molecule has 29 heavy (non-hydrogen) atoms. The van der Waals surface area contributed by atoms with Gasteiger partial charge < -0.3 is 9.47 Å². The quantitative estimate of drug-likeness (QED) is 0.381. The minimum absolute atomic E-state index is 0.529. The number of halogens is 1. The molecule has 2 aromatic heterocycles. The van der Waals surface area contributed by atoms with Gasteiger partial charge in [0.2, 0.25) is 0 Å². The number of nitrogens with zero attached hydrogens (tertiary/aromatic N) is 3. The van der Waals surface area contributed by atoms with Crippen molar-refractivity contribution in [2.45, 2.75) is 13.5 Å². The summed E-state index contributed by atoms with van der Waals surface area (Å²) in [6.07, 6.45) is 6.07. The standard InChI is InChI=1S/C25H26ClN3/c1-18(15-28(2)3)16-29-17-22(25-23(26)10-7-11-24(25)29)21-12-20(13-27-14-21)19-8-5-4-6-9-19/h4-14,17-18H,15-16H2,1-3H3. The van der Waals surface area contributed by atoms with Gasteiger partial charge in [-0.2, -0.15) is 0 Å². The molecule has 0 spiro atoms. The summed E-state index contributed by atoms with van der Waals surface area (Å²) in [7, 11) is 4.24. The molecule has 3 nitrogen and oxygen atoms in total. The SMILES string of the molecule is CC(CN(C)C)Cn1cc(-c2cncc(-c3ccccc3)c2)c2c(Cl)cccc21. The molecule has 148 valence electrons. The number of aromatic nitrogens is 2. The highest BCUT2D eigenvalue weighted by molar-refractivity contribution is 6.36. The first-order chi connectivity index (χ1) is 14.0. The van der Waals surface area contributed by atoms with E-state index in [1.165, 1.54) is 5.52 Å². The average Bonchev–Trinajstić information content (AvgIpc) is 3.08. The van der Waals surface area contributed by atoms with Gasteiger partial charge >= 0.3 is 0 Å². The molecule has 0 amide bonds. The zero-order valence-electron chi connectivity index (χ0n) is 17.1. The molecular formula is C25H26ClN3. The Morgan fingerprint density at radius 1 is 0.966 bits per heavy atom. The molecule has 0 N–H and O–H groups in total. The van der Waals surface area contributed by atoms with E-state index in [0.29, 0.717) is 5.92 Å². The second-order valence-corrected chi connectivity index (χ2v) is 8.43. The third-order valence-electron chi connectivity index (χ3n) is 5.20. The van der Waals surface area contributed by atoms with Gasteiger partial charge in [-0.3, -0.25) is 4.98 Å². The molecule has 4 aromatic rings. The van der Waals surface area contributed by atoms with E-state index >= 15 is 0 Å². The summed E-state index contributed by atoms with van der Waals surface area (Å²) in [5, 5.41) is 1.87. The van der Waals surface area contributed by atoms with Crippen molar-refractivity contribution in [3.8, 4) is 22.3 Å². The predicted molar refractivity (Wildman–Crippen MR) is 123 cm³/mol. The van der Waals surface area contributed by atoms with E-state index in [2.05, 4.69) is 78.1 Å². The Morgan fingerprint density at radius 3 is 2.48 bits per heavy atom. The van der Waals surface area contributed by atoms with Crippen molar-refractivity contribution in [2.24, 2.45) is 5.92 Å². The van der Waals surface area contributed by atoms with Crippen LogP contribution in [-0.4, -0.2) is 35.1 Å². The van der Waals surface area contributed by atoms with E-state index in [9.17, 15) is 0 Å². The van der Waals surface area contributed by atoms with Crippen LogP contribution in [0.3, 0.4) is 0 Å². The summed E-state index contributed by atoms with van der Waals surface area (Å²) in [5.41, 5.74) is 5.66. The van der Waals surface area contributed by atoms with Gasteiger partial charge in [-0.25, -0.2) is 0 Å². The van der Waals surface area contributed by atoms with Crippen molar-refractivity contribution >= 4 is 22.5 Å². The molecule has 0 aliphatic rings. The number of benzene rings is 2. The van der Waals surface area contributed by atoms with Gasteiger partial charge in [0, 0.05) is 53.8 Å². The van der Waals surface area contributed by atoms with Gasteiger partial charge in [0.25, 0.3) is 0 Å². The molecule has 2 heterocycles. The van der Waals surface area contributed by atoms with Crippen molar-refractivity contribution in [1.29, 1.82) is 0 Å². The van der Waals surface area contributed by atoms with Crippen LogP contribution in [0.25, 0.3) is 33.2 Å². The summed E-state index contributed by atoms with van der Waals surface area (Å²) in [6, 6.07) is 18.7. The molecule has 0 saturated carbocycles. The number of hydrogen-bond donors (Lipinski definition) is 0. The monoisotopic (exact) mass is 403 g/mol. The molecule has 1 atom stereocenters. The molecule has 2 aromatic carbocycles. The van der Waals surface area contributed by atoms with Crippen LogP contribution in [0.4, 0.5) is 0 Å². The predicted octanol–water partition coefficient (Wildman–Crippen LogP) is 6.22. The fraction of sp³-hybridized carbons (Fsp3) is 0.240. The lowest BCUT2D eigenvalue weighted by Crippen LogP contribution is -2.22. The van der Waals surface area contributed by atoms with Crippen LogP contribution in [0.1, 0.15) is 6.92 Å². The van der Waals surface area contributed by atoms with Crippen LogP contribution in [0, 0.1) is 5.92 Å². The summed E-state index contributed by atoms with van der Waals surface area (Å²) < 4.78 is 2.33. The van der Waals surface area contributed by atoms with Crippen molar-refractivity contribution in [2.75, 3.05) is 20.6 Å². The zero-order chi connectivity index (χ0) is 20.4. The molecule has 0 bridgehead atoms. The maximum absolute atomic E-state index is 6.66. The Morgan fingerprint density at radius 2 is 1.72 bits per heavy atom. The fourth-order valence-electron chi connectivity index (χ4n) is 4.07. The highest BCUT2D eigenvalue weighted by Gasteiger charge is 2.16. The highest BCUT2D eigenvalue weighted by Crippen LogP contribution is 2.37. The highest BCUT2D eigenvalue weighted by atomic mass is 35.5. The molecule has 0 fully saturated rings. The van der Waals surface area contributed by atoms with E-state index in [4.69, 9.17) is 11.6 Å². The molecule has 4 heteroatoms. The van der Waals surface area contributed by atoms with Crippen LogP contribution in [0.5, 0.6) is 0 Å². The van der Waals surface area contributed by atoms with E-state index in [1.807, 2.05) is 30.6 Å². The van der Waals surface area contributed by atoms with E-state index in [1.54, 1.807) is 0 Å². The van der Waals surface area contributed by atoms with Crippen LogP contribution < -0.4 is 0 Å². The molecule has 1 unspecified atom stereocenters. The minimum atomic E-state index is 0.529. The van der Waals surface area contributed by atoms with Crippen molar-refractivity contribution in [1.82, 2.24) is 14.5 Å². The van der Waals surface area contributed by atoms with E-state index in [0.717, 1.165) is 45.8 Å². The average molecular weight is 404 g/mol. The third kappa shape index (κ3) is 4.21. The van der Waals surface area contributed by atoms with Crippen LogP contribution in [-0.2, 0) is 6.54 Å². The van der Waals surface area contributed by atoms with Crippen LogP contribution >= 0.6 is 11.6 Å². The number of rotatable bonds is 6. The summed E-state index contributed by atoms with van der Waals surface area (Å²) in [5.74, 6) is 0.529. The fourth-order valence-corrected chi connectivity index (χ4v) is 4.34. The Hall–Kier alpha value is -2.62. The van der Waals surface area contributed by atoms with Gasteiger partial charge in [-0.1, -0.05) is 54.9 Å². The minimum Gasteiger partial charge on any atom is -0.346 e. The van der Waals surface area contributed by atoms with Gasteiger partial charge in [0.15, 0.2) is 0 Å². The topological polar surface area (TPSA) is 21.1 Å². The third-order valence-corrected chi connectivity index (χ3v) is 5.51. The Labute approximate surface area is 177 Å². The van der Waals surface area contributed by atoms with E-state index < -0.39 is 0 Å². The number of pyridine rings is 1. The zero-order valence-corrected chi connectivity index (χ0v) is 17.9. The largest absolute Gasteiger partial charge is 0.346 e. The molecule has 4 rings (SSSR count). The van der Waals surface area contributed by atoms with E-state index in [-0.39, 0.29) is 0 Å². The summed E-state index contributed by atoms with van der Waals surface area (Å²) >= 11 is 6.66. The maximum atomic E-state index is 6.66. The Kier molecular flexibility index (Phi) is 5.70. The van der Waals surface area contributed by atoms with Crippen molar-refractivity contribution in [3.05, 3.63) is 78.2 Å². The van der Waals surface area contributed by atoms with Gasteiger partial charge in [-0.05, 0) is 43.8 Å². The number of hydrogen-bond acceptors (Lipinski definition) is 2.